The minimum atomic E-state index is -0.259. The highest BCUT2D eigenvalue weighted by Crippen LogP contribution is 2.34. The molecule has 0 spiro atoms. The zero-order valence-corrected chi connectivity index (χ0v) is 15.6. The fourth-order valence-electron chi connectivity index (χ4n) is 3.58. The summed E-state index contributed by atoms with van der Waals surface area (Å²) in [5, 5.41) is 8.90. The molecule has 0 saturated carbocycles. The number of halogens is 1. The van der Waals surface area contributed by atoms with Crippen LogP contribution in [0.5, 0.6) is 0 Å². The summed E-state index contributed by atoms with van der Waals surface area (Å²) in [5.74, 6) is -0.259. The number of hydrogen-bond acceptors (Lipinski definition) is 3. The van der Waals surface area contributed by atoms with Gasteiger partial charge in [-0.2, -0.15) is 0 Å². The van der Waals surface area contributed by atoms with E-state index in [0.29, 0.717) is 19.3 Å². The van der Waals surface area contributed by atoms with E-state index in [0.717, 1.165) is 36.8 Å². The minimum Gasteiger partial charge on any atom is -0.391 e. The highest BCUT2D eigenvalue weighted by molar-refractivity contribution is 5.54. The molecule has 0 aliphatic carbocycles. The Morgan fingerprint density at radius 1 is 1.15 bits per heavy atom. The Morgan fingerprint density at radius 2 is 1.89 bits per heavy atom. The van der Waals surface area contributed by atoms with Crippen molar-refractivity contribution < 1.29 is 19.0 Å². The van der Waals surface area contributed by atoms with Gasteiger partial charge in [-0.3, -0.25) is 4.79 Å². The molecule has 2 aliphatic rings. The van der Waals surface area contributed by atoms with Crippen LogP contribution < -0.4 is 0 Å². The monoisotopic (exact) mass is 371 g/mol. The molecule has 1 amide bonds. The van der Waals surface area contributed by atoms with E-state index in [-0.39, 0.29) is 18.0 Å². The van der Waals surface area contributed by atoms with E-state index in [1.54, 1.807) is 17.0 Å². The van der Waals surface area contributed by atoms with Gasteiger partial charge >= 0.3 is 0 Å². The third-order valence-electron chi connectivity index (χ3n) is 5.12. The standard InChI is InChI=1S/C16H14FNO.C6H12O2/c17-14-7-5-13(6-8-14)16-15-4-2-1-3-12(15)9-10-18(16)11-19;1-5-2-3-6(7)4-8-5/h1-8,11,16H,9-10H2;5-7H,2-4H2,1H3/t16-;5-,6?/m00/s1. The Morgan fingerprint density at radius 3 is 2.52 bits per heavy atom. The van der Waals surface area contributed by atoms with Crippen molar-refractivity contribution in [1.29, 1.82) is 0 Å². The summed E-state index contributed by atoms with van der Waals surface area (Å²) in [4.78, 5) is 13.0. The summed E-state index contributed by atoms with van der Waals surface area (Å²) in [6.45, 7) is 3.26. The minimum absolute atomic E-state index is 0.108. The topological polar surface area (TPSA) is 49.8 Å². The molecule has 144 valence electrons. The molecule has 2 aliphatic heterocycles. The summed E-state index contributed by atoms with van der Waals surface area (Å²) in [6, 6.07) is 14.4. The van der Waals surface area contributed by atoms with Crippen molar-refractivity contribution in [2.45, 2.75) is 44.4 Å². The van der Waals surface area contributed by atoms with Crippen molar-refractivity contribution >= 4 is 6.41 Å². The lowest BCUT2D eigenvalue weighted by Crippen LogP contribution is -2.34. The summed E-state index contributed by atoms with van der Waals surface area (Å²) >= 11 is 0. The second-order valence-corrected chi connectivity index (χ2v) is 7.12. The fourth-order valence-corrected chi connectivity index (χ4v) is 3.58. The van der Waals surface area contributed by atoms with Gasteiger partial charge in [-0.25, -0.2) is 4.39 Å². The highest BCUT2D eigenvalue weighted by atomic mass is 19.1. The second-order valence-electron chi connectivity index (χ2n) is 7.12. The Labute approximate surface area is 159 Å². The van der Waals surface area contributed by atoms with Crippen LogP contribution in [0, 0.1) is 5.82 Å². The van der Waals surface area contributed by atoms with Crippen molar-refractivity contribution in [3.05, 3.63) is 71.0 Å². The molecule has 2 aromatic rings. The smallest absolute Gasteiger partial charge is 0.210 e. The summed E-state index contributed by atoms with van der Waals surface area (Å²) < 4.78 is 18.2. The number of rotatable bonds is 2. The van der Waals surface area contributed by atoms with Crippen LogP contribution >= 0.6 is 0 Å². The van der Waals surface area contributed by atoms with Crippen LogP contribution in [-0.2, 0) is 16.0 Å². The van der Waals surface area contributed by atoms with E-state index in [4.69, 9.17) is 9.84 Å². The van der Waals surface area contributed by atoms with E-state index >= 15 is 0 Å². The number of ether oxygens (including phenoxy) is 1. The molecule has 0 bridgehead atoms. The number of carbonyl (C=O) groups is 1. The quantitative estimate of drug-likeness (QED) is 0.823. The van der Waals surface area contributed by atoms with Gasteiger partial charge in [0.2, 0.25) is 6.41 Å². The van der Waals surface area contributed by atoms with E-state index in [2.05, 4.69) is 6.07 Å². The van der Waals surface area contributed by atoms with Gasteiger partial charge in [0.25, 0.3) is 0 Å². The van der Waals surface area contributed by atoms with Crippen LogP contribution in [0.15, 0.2) is 48.5 Å². The third-order valence-corrected chi connectivity index (χ3v) is 5.12. The van der Waals surface area contributed by atoms with Gasteiger partial charge in [-0.1, -0.05) is 36.4 Å². The molecule has 4 nitrogen and oxygen atoms in total. The van der Waals surface area contributed by atoms with Gasteiger partial charge in [0, 0.05) is 6.54 Å². The van der Waals surface area contributed by atoms with Gasteiger partial charge in [-0.15, -0.1) is 0 Å². The average Bonchev–Trinajstić information content (AvgIpc) is 2.70. The van der Waals surface area contributed by atoms with Crippen LogP contribution in [0.2, 0.25) is 0 Å². The lowest BCUT2D eigenvalue weighted by atomic mass is 9.88. The number of nitrogens with zero attached hydrogens (tertiary/aromatic N) is 1. The molecule has 2 aromatic carbocycles. The average molecular weight is 371 g/mol. The SMILES string of the molecule is C[C@H]1CCC(O)CO1.O=CN1CCc2ccccc2[C@@H]1c1ccc(F)cc1. The molecule has 0 radical (unpaired) electrons. The number of aliphatic hydroxyl groups is 1. The largest absolute Gasteiger partial charge is 0.391 e. The summed E-state index contributed by atoms with van der Waals surface area (Å²) in [6.07, 6.45) is 3.81. The predicted octanol–water partition coefficient (Wildman–Crippen LogP) is 3.48. The van der Waals surface area contributed by atoms with Gasteiger partial charge in [-0.05, 0) is 55.0 Å². The molecule has 0 aromatic heterocycles. The molecule has 1 saturated heterocycles. The zero-order chi connectivity index (χ0) is 19.2. The number of amides is 1. The number of fused-ring (bicyclic) bond motifs is 1. The predicted molar refractivity (Wildman–Crippen MR) is 102 cm³/mol. The maximum atomic E-state index is 13.0. The number of hydrogen-bond donors (Lipinski definition) is 1. The first kappa shape index (κ1) is 19.5. The number of carbonyl (C=O) groups excluding carboxylic acids is 1. The lowest BCUT2D eigenvalue weighted by Gasteiger charge is -2.35. The normalized spacial score (nSPS) is 24.4. The molecule has 1 unspecified atom stereocenters. The Bertz CT molecular complexity index is 731. The van der Waals surface area contributed by atoms with E-state index in [1.165, 1.54) is 17.7 Å². The Balaban J connectivity index is 0.000000221. The molecule has 27 heavy (non-hydrogen) atoms. The first-order valence-corrected chi connectivity index (χ1v) is 9.42. The number of benzene rings is 2. The second kappa shape index (κ2) is 9.11. The maximum Gasteiger partial charge on any atom is 0.210 e. The van der Waals surface area contributed by atoms with Gasteiger partial charge in [0.15, 0.2) is 0 Å². The van der Waals surface area contributed by atoms with Crippen LogP contribution in [-0.4, -0.2) is 41.8 Å². The van der Waals surface area contributed by atoms with Crippen LogP contribution in [0.25, 0.3) is 0 Å². The van der Waals surface area contributed by atoms with Crippen molar-refractivity contribution in [2.24, 2.45) is 0 Å². The fraction of sp³-hybridized carbons (Fsp3) is 0.409. The van der Waals surface area contributed by atoms with E-state index < -0.39 is 0 Å². The number of aliphatic hydroxyl groups excluding tert-OH is 1. The molecule has 2 heterocycles. The Kier molecular flexibility index (Phi) is 6.58. The van der Waals surface area contributed by atoms with E-state index in [1.807, 2.05) is 25.1 Å². The maximum absolute atomic E-state index is 13.0. The van der Waals surface area contributed by atoms with Crippen molar-refractivity contribution in [3.63, 3.8) is 0 Å². The molecule has 5 heteroatoms. The summed E-state index contributed by atoms with van der Waals surface area (Å²) in [7, 11) is 0. The van der Waals surface area contributed by atoms with Crippen LogP contribution in [0.4, 0.5) is 4.39 Å². The van der Waals surface area contributed by atoms with Gasteiger partial charge in [0.05, 0.1) is 24.9 Å². The molecular weight excluding hydrogens is 345 g/mol. The van der Waals surface area contributed by atoms with Crippen LogP contribution in [0.3, 0.4) is 0 Å². The molecule has 3 atom stereocenters. The van der Waals surface area contributed by atoms with Crippen molar-refractivity contribution in [1.82, 2.24) is 4.90 Å². The molecule has 1 fully saturated rings. The van der Waals surface area contributed by atoms with Crippen molar-refractivity contribution in [3.8, 4) is 0 Å². The van der Waals surface area contributed by atoms with Crippen LogP contribution in [0.1, 0.15) is 42.5 Å². The van der Waals surface area contributed by atoms with E-state index in [9.17, 15) is 9.18 Å². The summed E-state index contributed by atoms with van der Waals surface area (Å²) in [5.41, 5.74) is 3.34. The first-order valence-electron chi connectivity index (χ1n) is 9.42. The van der Waals surface area contributed by atoms with Gasteiger partial charge < -0.3 is 14.7 Å². The first-order chi connectivity index (χ1) is 13.1. The van der Waals surface area contributed by atoms with Gasteiger partial charge in [0.1, 0.15) is 5.82 Å². The zero-order valence-electron chi connectivity index (χ0n) is 15.6. The highest BCUT2D eigenvalue weighted by Gasteiger charge is 2.27. The molecule has 1 N–H and O–H groups in total. The Hall–Kier alpha value is -2.24. The molecule has 4 rings (SSSR count). The molecular formula is C22H26FNO3. The third kappa shape index (κ3) is 4.93. The lowest BCUT2D eigenvalue weighted by molar-refractivity contribution is -0.119. The van der Waals surface area contributed by atoms with Crippen molar-refractivity contribution in [2.75, 3.05) is 13.2 Å².